The van der Waals surface area contributed by atoms with Crippen LogP contribution in [-0.2, 0) is 38.7 Å². The Morgan fingerprint density at radius 2 is 1.11 bits per heavy atom. The molecule has 0 aromatic rings. The van der Waals surface area contributed by atoms with Crippen molar-refractivity contribution < 1.29 is 56.8 Å². The van der Waals surface area contributed by atoms with Crippen LogP contribution in [0, 0.1) is 0 Å². The molecule has 1 heterocycles. The summed E-state index contributed by atoms with van der Waals surface area (Å²) in [6.07, 6.45) is 31.4. The average molecular weight is 827 g/mol. The predicted octanol–water partition coefficient (Wildman–Crippen LogP) is 8.17. The van der Waals surface area contributed by atoms with Crippen LogP contribution in [0.15, 0.2) is 60.8 Å². The van der Waals surface area contributed by atoms with Crippen molar-refractivity contribution in [2.24, 2.45) is 0 Å². The Labute approximate surface area is 343 Å². The topological polar surface area (TPSA) is 186 Å². The molecular weight excluding hydrogens is 753 g/mol. The van der Waals surface area contributed by atoms with Crippen LogP contribution < -0.4 is 0 Å². The molecule has 0 aliphatic carbocycles. The van der Waals surface area contributed by atoms with Crippen molar-refractivity contribution in [3.05, 3.63) is 60.8 Å². The second kappa shape index (κ2) is 34.2. The lowest BCUT2D eigenvalue weighted by molar-refractivity contribution is -0.297. The third-order valence-electron chi connectivity index (χ3n) is 9.49. The zero-order chi connectivity index (χ0) is 42.0. The highest BCUT2D eigenvalue weighted by Gasteiger charge is 2.46. The molecule has 0 aromatic heterocycles. The quantitative estimate of drug-likeness (QED) is 0.0211. The minimum atomic E-state index is -4.61. The number of rotatable bonds is 34. The number of unbranched alkanes of at least 4 members (excludes halogenated alkanes) is 16. The summed E-state index contributed by atoms with van der Waals surface area (Å²) >= 11 is 0. The molecule has 6 atom stereocenters. The van der Waals surface area contributed by atoms with Crippen LogP contribution in [0.25, 0.3) is 0 Å². The third-order valence-corrected chi connectivity index (χ3v) is 10.2. The van der Waals surface area contributed by atoms with E-state index in [1.165, 1.54) is 77.0 Å². The Morgan fingerprint density at radius 1 is 0.614 bits per heavy atom. The van der Waals surface area contributed by atoms with Gasteiger partial charge in [0.25, 0.3) is 10.1 Å². The van der Waals surface area contributed by atoms with Crippen LogP contribution in [0.4, 0.5) is 0 Å². The standard InChI is InChI=1S/C44H74O12S/c1-3-5-7-9-11-13-15-17-18-19-21-22-24-26-28-30-32-39(45)53-34-37(35-54-44-43(49)42(48)41(47)38(56-44)36-57(50,51)52)55-40(46)33-31-29-27-25-23-20-16-14-12-10-8-6-4-2/h6,8,10,12,14,16,20,23,25,27,37-38,41-44,47-49H,3-5,7,9,11,13,15,17-19,21-22,24,26,28-36H2,1-2H3,(H,50,51,52)/b8-6+,12-10+,16-14+,23-20+,27-25+/t37?,38-,41-,42?,43?,44+/m1/s1. The van der Waals surface area contributed by atoms with E-state index < -0.39 is 71.2 Å². The van der Waals surface area contributed by atoms with Gasteiger partial charge in [0, 0.05) is 12.8 Å². The van der Waals surface area contributed by atoms with Gasteiger partial charge in [0.1, 0.15) is 36.8 Å². The van der Waals surface area contributed by atoms with Gasteiger partial charge in [-0.2, -0.15) is 8.42 Å². The van der Waals surface area contributed by atoms with E-state index in [1.54, 1.807) is 0 Å². The second-order valence-electron chi connectivity index (χ2n) is 14.8. The van der Waals surface area contributed by atoms with E-state index in [1.807, 2.05) is 54.7 Å². The first-order chi connectivity index (χ1) is 27.5. The number of carbonyl (C=O) groups is 2. The van der Waals surface area contributed by atoms with Gasteiger partial charge in [-0.05, 0) is 25.7 Å². The van der Waals surface area contributed by atoms with E-state index >= 15 is 0 Å². The molecule has 1 aliphatic rings. The summed E-state index contributed by atoms with van der Waals surface area (Å²) in [5, 5.41) is 30.8. The molecule has 12 nitrogen and oxygen atoms in total. The van der Waals surface area contributed by atoms with E-state index in [-0.39, 0.29) is 19.4 Å². The van der Waals surface area contributed by atoms with Gasteiger partial charge in [-0.1, -0.05) is 171 Å². The molecule has 0 aromatic carbocycles. The largest absolute Gasteiger partial charge is 0.462 e. The minimum Gasteiger partial charge on any atom is -0.462 e. The number of hydrogen-bond acceptors (Lipinski definition) is 11. The molecule has 1 fully saturated rings. The molecule has 1 saturated heterocycles. The summed E-state index contributed by atoms with van der Waals surface area (Å²) in [4.78, 5) is 25.3. The lowest BCUT2D eigenvalue weighted by Gasteiger charge is -2.40. The number of hydrogen-bond donors (Lipinski definition) is 4. The Morgan fingerprint density at radius 3 is 1.63 bits per heavy atom. The maximum absolute atomic E-state index is 12.7. The molecule has 13 heteroatoms. The summed E-state index contributed by atoms with van der Waals surface area (Å²) in [5.41, 5.74) is 0. The normalized spacial score (nSPS) is 21.1. The van der Waals surface area contributed by atoms with E-state index in [0.29, 0.717) is 19.3 Å². The number of ether oxygens (including phenoxy) is 4. The van der Waals surface area contributed by atoms with Crippen molar-refractivity contribution in [1.82, 2.24) is 0 Å². The highest BCUT2D eigenvalue weighted by Crippen LogP contribution is 2.24. The first-order valence-corrected chi connectivity index (χ1v) is 23.0. The van der Waals surface area contributed by atoms with Gasteiger partial charge < -0.3 is 34.3 Å². The number of allylic oxidation sites excluding steroid dienone is 10. The maximum atomic E-state index is 12.7. The van der Waals surface area contributed by atoms with Crippen LogP contribution in [0.5, 0.6) is 0 Å². The van der Waals surface area contributed by atoms with Crippen LogP contribution >= 0.6 is 0 Å². The summed E-state index contributed by atoms with van der Waals surface area (Å²) in [5.74, 6) is -2.08. The molecule has 0 saturated carbocycles. The monoisotopic (exact) mass is 826 g/mol. The maximum Gasteiger partial charge on any atom is 0.306 e. The minimum absolute atomic E-state index is 0.0670. The predicted molar refractivity (Wildman–Crippen MR) is 224 cm³/mol. The molecule has 1 aliphatic heterocycles. The SMILES string of the molecule is CC/C=C/C=C/C=C/C=C/C=C/CCCC(=O)OC(COC(=O)CCCCCCCCCCCCCCCCCC)CO[C@H]1O[C@H](CS(=O)(=O)O)[C@@H](O)C(O)C1O. The summed E-state index contributed by atoms with van der Waals surface area (Å²) in [6, 6.07) is 0. The zero-order valence-electron chi connectivity index (χ0n) is 34.7. The molecule has 0 bridgehead atoms. The van der Waals surface area contributed by atoms with Crippen molar-refractivity contribution in [1.29, 1.82) is 0 Å². The number of aliphatic hydroxyl groups is 3. The van der Waals surface area contributed by atoms with Crippen molar-refractivity contribution >= 4 is 22.1 Å². The number of carbonyl (C=O) groups excluding carboxylic acids is 2. The average Bonchev–Trinajstić information content (AvgIpc) is 3.17. The number of esters is 2. The van der Waals surface area contributed by atoms with E-state index in [9.17, 15) is 37.9 Å². The van der Waals surface area contributed by atoms with Gasteiger partial charge >= 0.3 is 11.9 Å². The fourth-order valence-electron chi connectivity index (χ4n) is 6.18. The Bertz CT molecular complexity index is 1290. The Balaban J connectivity index is 2.51. The molecule has 0 amide bonds. The molecule has 328 valence electrons. The zero-order valence-corrected chi connectivity index (χ0v) is 35.5. The highest BCUT2D eigenvalue weighted by molar-refractivity contribution is 7.85. The van der Waals surface area contributed by atoms with Gasteiger partial charge in [-0.15, -0.1) is 0 Å². The Kier molecular flexibility index (Phi) is 31.5. The van der Waals surface area contributed by atoms with Gasteiger partial charge in [-0.3, -0.25) is 14.1 Å². The van der Waals surface area contributed by atoms with Crippen LogP contribution in [0.2, 0.25) is 0 Å². The molecule has 1 rings (SSSR count). The molecule has 4 N–H and O–H groups in total. The molecular formula is C44H74O12S. The highest BCUT2D eigenvalue weighted by atomic mass is 32.2. The third kappa shape index (κ3) is 29.2. The van der Waals surface area contributed by atoms with E-state index in [0.717, 1.165) is 25.7 Å². The number of aliphatic hydroxyl groups excluding tert-OH is 3. The van der Waals surface area contributed by atoms with Gasteiger partial charge in [0.05, 0.1) is 6.61 Å². The van der Waals surface area contributed by atoms with Crippen molar-refractivity contribution in [3.8, 4) is 0 Å². The summed E-state index contributed by atoms with van der Waals surface area (Å²) in [6.45, 7) is 3.54. The molecule has 0 spiro atoms. The van der Waals surface area contributed by atoms with E-state index in [4.69, 9.17) is 18.9 Å². The molecule has 3 unspecified atom stereocenters. The summed E-state index contributed by atoms with van der Waals surface area (Å²) in [7, 11) is -4.61. The lowest BCUT2D eigenvalue weighted by Crippen LogP contribution is -2.60. The Hall–Kier alpha value is -2.65. The first kappa shape index (κ1) is 52.4. The van der Waals surface area contributed by atoms with Gasteiger partial charge in [0.15, 0.2) is 12.4 Å². The fourth-order valence-corrected chi connectivity index (χ4v) is 6.87. The molecule has 0 radical (unpaired) electrons. The van der Waals surface area contributed by atoms with Crippen LogP contribution in [0.3, 0.4) is 0 Å². The lowest BCUT2D eigenvalue weighted by atomic mass is 10.00. The van der Waals surface area contributed by atoms with Crippen LogP contribution in [0.1, 0.15) is 149 Å². The van der Waals surface area contributed by atoms with Crippen molar-refractivity contribution in [3.63, 3.8) is 0 Å². The first-order valence-electron chi connectivity index (χ1n) is 21.4. The second-order valence-corrected chi connectivity index (χ2v) is 16.3. The summed E-state index contributed by atoms with van der Waals surface area (Å²) < 4.78 is 53.9. The fraction of sp³-hybridized carbons (Fsp3) is 0.727. The van der Waals surface area contributed by atoms with E-state index in [2.05, 4.69) is 19.9 Å². The van der Waals surface area contributed by atoms with Crippen LogP contribution in [-0.4, -0.2) is 96.0 Å². The van der Waals surface area contributed by atoms with Crippen molar-refractivity contribution in [2.75, 3.05) is 19.0 Å². The van der Waals surface area contributed by atoms with Gasteiger partial charge in [-0.25, -0.2) is 0 Å². The molecule has 57 heavy (non-hydrogen) atoms. The van der Waals surface area contributed by atoms with Crippen molar-refractivity contribution in [2.45, 2.75) is 185 Å². The smallest absolute Gasteiger partial charge is 0.306 e. The van der Waals surface area contributed by atoms with Gasteiger partial charge in [0.2, 0.25) is 0 Å².